The van der Waals surface area contributed by atoms with Gasteiger partial charge in [-0.05, 0) is 93.9 Å². The summed E-state index contributed by atoms with van der Waals surface area (Å²) in [4.78, 5) is 90.8. The molecule has 78 heavy (non-hydrogen) atoms. The average Bonchev–Trinajstić information content (AvgIpc) is 4.29. The van der Waals surface area contributed by atoms with Crippen molar-refractivity contribution in [2.45, 2.75) is 27.7 Å². The lowest BCUT2D eigenvalue weighted by Crippen LogP contribution is -2.18. The van der Waals surface area contributed by atoms with Crippen molar-refractivity contribution in [1.82, 2.24) is 69.2 Å². The van der Waals surface area contributed by atoms with Crippen molar-refractivity contribution >= 4 is 58.8 Å². The van der Waals surface area contributed by atoms with Gasteiger partial charge in [-0.3, -0.25) is 28.1 Å². The molecule has 3 amide bonds. The number of carbonyl (C=O) groups excluding carboxylic acids is 3. The predicted octanol–water partition coefficient (Wildman–Crippen LogP) is 5.71. The first kappa shape index (κ1) is 54.2. The highest BCUT2D eigenvalue weighted by molar-refractivity contribution is 6.08. The van der Waals surface area contributed by atoms with Crippen molar-refractivity contribution in [3.05, 3.63) is 191 Å². The predicted molar refractivity (Wildman–Crippen MR) is 274 cm³/mol. The zero-order valence-corrected chi connectivity index (χ0v) is 41.1. The first-order valence-corrected chi connectivity index (χ1v) is 22.5. The lowest BCUT2D eigenvalue weighted by molar-refractivity contribution is 0.0680. The molecule has 9 aromatic rings. The summed E-state index contributed by atoms with van der Waals surface area (Å²) in [6, 6.07) is 14.2. The SMILES string of the molecule is C#Cc1cc(NC(=O)c2ccc(-n3ccnc3)nn2)c(C(=O)O)nc1C.C/C=C/c1cc(NC(=O)c2ccc(-n3ccnc3)nn2)c(C(=O)O)cc1F.Cc1cc(NC(=O)c2ccc(-n3ccnc3)nn2)c(C(=O)O)nc1C. The number of anilines is 3. The van der Waals surface area contributed by atoms with E-state index in [4.69, 9.17) is 6.42 Å². The number of pyridine rings is 2. The quantitative estimate of drug-likeness (QED) is 0.0753. The first-order valence-electron chi connectivity index (χ1n) is 22.5. The largest absolute Gasteiger partial charge is 0.478 e. The molecule has 0 aliphatic carbocycles. The van der Waals surface area contributed by atoms with Gasteiger partial charge < -0.3 is 31.3 Å². The van der Waals surface area contributed by atoms with Crippen molar-refractivity contribution in [1.29, 1.82) is 0 Å². The molecule has 0 aliphatic rings. The van der Waals surface area contributed by atoms with Gasteiger partial charge in [0.15, 0.2) is 45.9 Å². The molecule has 26 nitrogen and oxygen atoms in total. The number of allylic oxidation sites excluding steroid dienone is 1. The molecule has 390 valence electrons. The fraction of sp³-hybridized carbons (Fsp3) is 0.0784. The molecule has 0 fully saturated rings. The third-order valence-electron chi connectivity index (χ3n) is 10.7. The van der Waals surface area contributed by atoms with E-state index >= 15 is 0 Å². The molecular formula is C51H40FN17O9. The van der Waals surface area contributed by atoms with Crippen LogP contribution < -0.4 is 16.0 Å². The van der Waals surface area contributed by atoms with Crippen molar-refractivity contribution in [3.63, 3.8) is 0 Å². The van der Waals surface area contributed by atoms with Crippen LogP contribution in [0.3, 0.4) is 0 Å². The Morgan fingerprint density at radius 3 is 1.35 bits per heavy atom. The number of aromatic carboxylic acids is 3. The second kappa shape index (κ2) is 24.4. The number of hydrogen-bond acceptors (Lipinski definition) is 17. The molecule has 9 rings (SSSR count). The lowest BCUT2D eigenvalue weighted by Gasteiger charge is -2.10. The van der Waals surface area contributed by atoms with Crippen molar-refractivity contribution in [3.8, 4) is 29.8 Å². The molecular weight excluding hydrogens is 1010 g/mol. The summed E-state index contributed by atoms with van der Waals surface area (Å²) in [7, 11) is 0. The van der Waals surface area contributed by atoms with Crippen LogP contribution in [-0.2, 0) is 0 Å². The molecule has 6 N–H and O–H groups in total. The van der Waals surface area contributed by atoms with Crippen molar-refractivity contribution in [2.75, 3.05) is 16.0 Å². The number of amides is 3. The van der Waals surface area contributed by atoms with E-state index in [2.05, 4.69) is 77.4 Å². The maximum Gasteiger partial charge on any atom is 0.356 e. The smallest absolute Gasteiger partial charge is 0.356 e. The Labute approximate surface area is 439 Å². The van der Waals surface area contributed by atoms with Crippen LogP contribution >= 0.6 is 0 Å². The maximum atomic E-state index is 14.0. The fourth-order valence-corrected chi connectivity index (χ4v) is 6.65. The molecule has 0 aliphatic heterocycles. The summed E-state index contributed by atoms with van der Waals surface area (Å²) in [5.41, 5.74) is 1.47. The van der Waals surface area contributed by atoms with Crippen LogP contribution in [0.25, 0.3) is 23.5 Å². The summed E-state index contributed by atoms with van der Waals surface area (Å²) in [5, 5.41) is 58.6. The number of terminal acetylenes is 1. The van der Waals surface area contributed by atoms with Crippen LogP contribution in [0.4, 0.5) is 21.5 Å². The Bertz CT molecular complexity index is 3750. The number of imidazole rings is 3. The van der Waals surface area contributed by atoms with Crippen LogP contribution in [0.1, 0.15) is 97.8 Å². The number of benzene rings is 1. The Hall–Kier alpha value is -11.6. The number of rotatable bonds is 13. The van der Waals surface area contributed by atoms with Gasteiger partial charge in [0.1, 0.15) is 24.8 Å². The number of carboxylic acids is 3. The number of carbonyl (C=O) groups is 6. The molecule has 1 aromatic carbocycles. The summed E-state index contributed by atoms with van der Waals surface area (Å²) >= 11 is 0. The number of hydrogen-bond donors (Lipinski definition) is 6. The van der Waals surface area contributed by atoms with E-state index < -0.39 is 41.4 Å². The summed E-state index contributed by atoms with van der Waals surface area (Å²) < 4.78 is 18.8. The highest BCUT2D eigenvalue weighted by atomic mass is 19.1. The lowest BCUT2D eigenvalue weighted by atomic mass is 10.1. The number of nitrogens with one attached hydrogen (secondary N) is 3. The van der Waals surface area contributed by atoms with Gasteiger partial charge in [-0.2, -0.15) is 0 Å². The van der Waals surface area contributed by atoms with Gasteiger partial charge in [-0.1, -0.05) is 18.1 Å². The van der Waals surface area contributed by atoms with Gasteiger partial charge in [0, 0.05) is 54.0 Å². The van der Waals surface area contributed by atoms with Gasteiger partial charge in [-0.25, -0.2) is 43.7 Å². The topological polar surface area (TPSA) is 356 Å². The average molecular weight is 1050 g/mol. The second-order valence-corrected chi connectivity index (χ2v) is 15.9. The standard InChI is InChI=1S/C18H14FN5O3.C17H12N6O3.C16H14N6O3/c1-2-3-11-8-15(12(18(26)27)9-13(11)19)21-17(25)14-4-5-16(23-22-14)24-7-6-20-10-24;1-3-11-8-13(15(17(25)26)19-10(11)2)20-16(24)12-4-5-14(22-21-12)23-7-6-18-9-23;1-9-7-12(14(16(24)25)18-10(9)2)19-15(23)11-3-4-13(21-20-11)22-6-5-17-8-22/h2-10H,1H3,(H,21,25)(H,26,27);1,4-9H,2H3,(H,20,24)(H,25,26);3-8H,1-2H3,(H,19,23)(H,24,25)/b3-2+;;. The number of aryl methyl sites for hydroxylation is 3. The van der Waals surface area contributed by atoms with E-state index in [9.17, 15) is 48.5 Å². The van der Waals surface area contributed by atoms with E-state index in [1.165, 1.54) is 42.7 Å². The molecule has 0 atom stereocenters. The van der Waals surface area contributed by atoms with E-state index in [1.54, 1.807) is 122 Å². The minimum Gasteiger partial charge on any atom is -0.478 e. The van der Waals surface area contributed by atoms with Gasteiger partial charge in [-0.15, -0.1) is 37.0 Å². The van der Waals surface area contributed by atoms with Gasteiger partial charge in [0.25, 0.3) is 17.7 Å². The fourth-order valence-electron chi connectivity index (χ4n) is 6.65. The van der Waals surface area contributed by atoms with Crippen molar-refractivity contribution < 1.29 is 48.5 Å². The minimum absolute atomic E-state index is 0.00744. The molecule has 8 aromatic heterocycles. The van der Waals surface area contributed by atoms with Crippen LogP contribution in [0.2, 0.25) is 0 Å². The second-order valence-electron chi connectivity index (χ2n) is 15.9. The molecule has 0 spiro atoms. The molecule has 27 heteroatoms. The monoisotopic (exact) mass is 1050 g/mol. The maximum absolute atomic E-state index is 14.0. The highest BCUT2D eigenvalue weighted by Crippen LogP contribution is 2.24. The molecule has 0 radical (unpaired) electrons. The van der Waals surface area contributed by atoms with Gasteiger partial charge in [0.05, 0.1) is 28.3 Å². The Kier molecular flexibility index (Phi) is 17.0. The molecule has 0 saturated heterocycles. The third kappa shape index (κ3) is 13.1. The zero-order chi connectivity index (χ0) is 56.0. The van der Waals surface area contributed by atoms with Gasteiger partial charge in [0.2, 0.25) is 0 Å². The normalized spacial score (nSPS) is 10.5. The Morgan fingerprint density at radius 1 is 0.564 bits per heavy atom. The summed E-state index contributed by atoms with van der Waals surface area (Å²) in [6.45, 7) is 6.77. The van der Waals surface area contributed by atoms with Crippen LogP contribution in [0.5, 0.6) is 0 Å². The van der Waals surface area contributed by atoms with E-state index in [0.29, 0.717) is 34.4 Å². The number of nitrogens with zero attached hydrogens (tertiary/aromatic N) is 14. The molecule has 8 heterocycles. The molecule has 0 bridgehead atoms. The Morgan fingerprint density at radius 2 is 0.987 bits per heavy atom. The van der Waals surface area contributed by atoms with Crippen molar-refractivity contribution in [2.24, 2.45) is 0 Å². The zero-order valence-electron chi connectivity index (χ0n) is 41.1. The summed E-state index contributed by atoms with van der Waals surface area (Å²) in [5.74, 6) is -2.59. The third-order valence-corrected chi connectivity index (χ3v) is 10.7. The van der Waals surface area contributed by atoms with E-state index in [-0.39, 0.29) is 56.7 Å². The van der Waals surface area contributed by atoms with E-state index in [1.807, 2.05) is 0 Å². The van der Waals surface area contributed by atoms with Gasteiger partial charge >= 0.3 is 17.9 Å². The summed E-state index contributed by atoms with van der Waals surface area (Å²) in [6.07, 6.45) is 22.9. The molecule has 0 unspecified atom stereocenters. The van der Waals surface area contributed by atoms with Crippen LogP contribution in [-0.4, -0.2) is 120 Å². The minimum atomic E-state index is -1.36. The molecule has 0 saturated carbocycles. The van der Waals surface area contributed by atoms with Crippen LogP contribution in [0.15, 0.2) is 123 Å². The van der Waals surface area contributed by atoms with E-state index in [0.717, 1.165) is 11.6 Å². The van der Waals surface area contributed by atoms with Crippen LogP contribution in [0, 0.1) is 38.9 Å². The first-order chi connectivity index (χ1) is 37.4. The number of halogens is 1. The number of carboxylic acid groups (broad SMARTS) is 3. The Balaban J connectivity index is 0.000000170. The number of aromatic nitrogens is 14. The highest BCUT2D eigenvalue weighted by Gasteiger charge is 2.21.